The van der Waals surface area contributed by atoms with Crippen molar-refractivity contribution in [3.8, 4) is 0 Å². The second kappa shape index (κ2) is 6.22. The molecule has 0 spiro atoms. The van der Waals surface area contributed by atoms with Crippen molar-refractivity contribution < 1.29 is 14.7 Å². The molecule has 11 heavy (non-hydrogen) atoms. The molecule has 3 nitrogen and oxygen atoms in total. The molecule has 0 amide bonds. The van der Waals surface area contributed by atoms with Gasteiger partial charge in [-0.2, -0.15) is 11.8 Å². The van der Waals surface area contributed by atoms with Gasteiger partial charge in [0.1, 0.15) is 6.29 Å². The van der Waals surface area contributed by atoms with Crippen LogP contribution in [-0.4, -0.2) is 29.4 Å². The molecular weight excluding hydrogens is 164 g/mol. The van der Waals surface area contributed by atoms with E-state index in [1.54, 1.807) is 11.8 Å². The molecule has 0 bridgehead atoms. The van der Waals surface area contributed by atoms with Crippen molar-refractivity contribution in [2.75, 3.05) is 12.0 Å². The van der Waals surface area contributed by atoms with Crippen molar-refractivity contribution in [3.05, 3.63) is 0 Å². The lowest BCUT2D eigenvalue weighted by atomic mass is 10.0. The molecule has 0 fully saturated rings. The Morgan fingerprint density at radius 2 is 2.36 bits per heavy atom. The minimum absolute atomic E-state index is 0.135. The summed E-state index contributed by atoms with van der Waals surface area (Å²) in [5.74, 6) is -0.559. The van der Waals surface area contributed by atoms with E-state index in [0.717, 1.165) is 5.75 Å². The van der Waals surface area contributed by atoms with Gasteiger partial charge in [-0.3, -0.25) is 4.79 Å². The van der Waals surface area contributed by atoms with Crippen molar-refractivity contribution in [1.29, 1.82) is 0 Å². The maximum Gasteiger partial charge on any atom is 0.306 e. The van der Waals surface area contributed by atoms with Crippen LogP contribution in [0.15, 0.2) is 0 Å². The Hall–Kier alpha value is -0.510. The summed E-state index contributed by atoms with van der Waals surface area (Å²) in [6.07, 6.45) is 3.30. The molecule has 0 aromatic carbocycles. The Labute approximate surface area is 70.2 Å². The molecule has 0 heterocycles. The monoisotopic (exact) mass is 176 g/mol. The third-order valence-electron chi connectivity index (χ3n) is 1.40. The largest absolute Gasteiger partial charge is 0.481 e. The average molecular weight is 176 g/mol. The molecule has 0 rings (SSSR count). The number of hydrogen-bond acceptors (Lipinski definition) is 3. The first-order valence-corrected chi connectivity index (χ1v) is 4.77. The molecule has 0 radical (unpaired) electrons. The van der Waals surface area contributed by atoms with Gasteiger partial charge in [0, 0.05) is 6.42 Å². The number of aldehydes is 1. The number of hydrogen-bond donors (Lipinski definition) is 1. The van der Waals surface area contributed by atoms with Crippen LogP contribution in [0.4, 0.5) is 0 Å². The number of carboxylic acid groups (broad SMARTS) is 1. The minimum Gasteiger partial charge on any atom is -0.481 e. The average Bonchev–Trinajstić information content (AvgIpc) is 1.97. The van der Waals surface area contributed by atoms with Gasteiger partial charge >= 0.3 is 5.97 Å². The van der Waals surface area contributed by atoms with Gasteiger partial charge in [-0.25, -0.2) is 0 Å². The van der Waals surface area contributed by atoms with E-state index in [4.69, 9.17) is 5.11 Å². The zero-order valence-corrected chi connectivity index (χ0v) is 7.26. The molecule has 64 valence electrons. The van der Waals surface area contributed by atoms with Crippen LogP contribution in [0.2, 0.25) is 0 Å². The Bertz CT molecular complexity index is 136. The van der Waals surface area contributed by atoms with Crippen LogP contribution in [0.25, 0.3) is 0 Å². The molecule has 4 heteroatoms. The molecule has 1 unspecified atom stereocenters. The highest BCUT2D eigenvalue weighted by Gasteiger charge is 2.15. The van der Waals surface area contributed by atoms with E-state index < -0.39 is 11.9 Å². The first kappa shape index (κ1) is 10.5. The van der Waals surface area contributed by atoms with Crippen LogP contribution in [0.3, 0.4) is 0 Å². The van der Waals surface area contributed by atoms with Crippen LogP contribution in [0, 0.1) is 5.92 Å². The van der Waals surface area contributed by atoms with Crippen LogP contribution in [0.1, 0.15) is 12.8 Å². The van der Waals surface area contributed by atoms with Crippen LogP contribution in [-0.2, 0) is 9.59 Å². The molecule has 0 aromatic rings. The molecular formula is C7H12O3S. The molecule has 1 atom stereocenters. The van der Waals surface area contributed by atoms with Crippen molar-refractivity contribution >= 4 is 24.0 Å². The Morgan fingerprint density at radius 1 is 1.73 bits per heavy atom. The van der Waals surface area contributed by atoms with Crippen LogP contribution < -0.4 is 0 Å². The lowest BCUT2D eigenvalue weighted by molar-refractivity contribution is -0.142. The fourth-order valence-electron chi connectivity index (χ4n) is 0.718. The number of rotatable bonds is 6. The Kier molecular flexibility index (Phi) is 5.93. The summed E-state index contributed by atoms with van der Waals surface area (Å²) in [6.45, 7) is 0. The summed E-state index contributed by atoms with van der Waals surface area (Å²) in [5.41, 5.74) is 0. The lowest BCUT2D eigenvalue weighted by Gasteiger charge is -2.06. The number of aliphatic carboxylic acids is 1. The van der Waals surface area contributed by atoms with E-state index in [1.807, 2.05) is 6.26 Å². The standard InChI is InChI=1S/C7H12O3S/c1-11-5-3-6(2-4-8)7(9)10/h4,6H,2-3,5H2,1H3,(H,9,10). The van der Waals surface area contributed by atoms with Gasteiger partial charge < -0.3 is 9.90 Å². The Morgan fingerprint density at radius 3 is 2.73 bits per heavy atom. The maximum atomic E-state index is 10.4. The van der Waals surface area contributed by atoms with E-state index in [1.165, 1.54) is 0 Å². The van der Waals surface area contributed by atoms with Crippen molar-refractivity contribution in [2.24, 2.45) is 5.92 Å². The van der Waals surface area contributed by atoms with Gasteiger partial charge in [-0.05, 0) is 18.4 Å². The van der Waals surface area contributed by atoms with Crippen LogP contribution in [0.5, 0.6) is 0 Å². The zero-order valence-electron chi connectivity index (χ0n) is 6.45. The third kappa shape index (κ3) is 4.84. The summed E-state index contributed by atoms with van der Waals surface area (Å²) in [5, 5.41) is 8.56. The molecule has 0 aromatic heterocycles. The van der Waals surface area contributed by atoms with E-state index in [2.05, 4.69) is 0 Å². The van der Waals surface area contributed by atoms with Gasteiger partial charge in [0.2, 0.25) is 0 Å². The molecule has 1 N–H and O–H groups in total. The van der Waals surface area contributed by atoms with Gasteiger partial charge in [0.25, 0.3) is 0 Å². The van der Waals surface area contributed by atoms with Crippen molar-refractivity contribution in [2.45, 2.75) is 12.8 Å². The highest BCUT2D eigenvalue weighted by Crippen LogP contribution is 2.10. The van der Waals surface area contributed by atoms with Crippen molar-refractivity contribution in [1.82, 2.24) is 0 Å². The highest BCUT2D eigenvalue weighted by molar-refractivity contribution is 7.98. The smallest absolute Gasteiger partial charge is 0.306 e. The number of carbonyl (C=O) groups is 2. The van der Waals surface area contributed by atoms with Crippen LogP contribution >= 0.6 is 11.8 Å². The van der Waals surface area contributed by atoms with E-state index >= 15 is 0 Å². The van der Waals surface area contributed by atoms with Gasteiger partial charge in [-0.15, -0.1) is 0 Å². The SMILES string of the molecule is CSCCC(CC=O)C(=O)O. The maximum absolute atomic E-state index is 10.4. The minimum atomic E-state index is -0.869. The number of thioether (sulfide) groups is 1. The van der Waals surface area contributed by atoms with E-state index in [0.29, 0.717) is 12.7 Å². The molecule has 0 aliphatic rings. The quantitative estimate of drug-likeness (QED) is 0.614. The number of carboxylic acids is 1. The second-order valence-corrected chi connectivity index (χ2v) is 3.20. The zero-order chi connectivity index (χ0) is 8.69. The third-order valence-corrected chi connectivity index (χ3v) is 2.04. The Balaban J connectivity index is 3.69. The normalized spacial score (nSPS) is 12.5. The van der Waals surface area contributed by atoms with E-state index in [-0.39, 0.29) is 6.42 Å². The highest BCUT2D eigenvalue weighted by atomic mass is 32.2. The molecule has 0 aliphatic carbocycles. The van der Waals surface area contributed by atoms with Gasteiger partial charge in [0.15, 0.2) is 0 Å². The fraction of sp³-hybridized carbons (Fsp3) is 0.714. The summed E-state index contributed by atoms with van der Waals surface area (Å²) >= 11 is 1.59. The summed E-state index contributed by atoms with van der Waals surface area (Å²) in [7, 11) is 0. The van der Waals surface area contributed by atoms with Gasteiger partial charge in [-0.1, -0.05) is 0 Å². The predicted octanol–water partition coefficient (Wildman–Crippen LogP) is 1.03. The lowest BCUT2D eigenvalue weighted by Crippen LogP contribution is -2.14. The number of carbonyl (C=O) groups excluding carboxylic acids is 1. The summed E-state index contributed by atoms with van der Waals surface area (Å²) in [4.78, 5) is 20.4. The first-order valence-electron chi connectivity index (χ1n) is 3.37. The topological polar surface area (TPSA) is 54.4 Å². The van der Waals surface area contributed by atoms with Gasteiger partial charge in [0.05, 0.1) is 5.92 Å². The summed E-state index contributed by atoms with van der Waals surface area (Å²) in [6, 6.07) is 0. The summed E-state index contributed by atoms with van der Waals surface area (Å²) < 4.78 is 0. The fourth-order valence-corrected chi connectivity index (χ4v) is 1.24. The predicted molar refractivity (Wildman–Crippen MR) is 44.8 cm³/mol. The second-order valence-electron chi connectivity index (χ2n) is 2.22. The molecule has 0 saturated heterocycles. The first-order chi connectivity index (χ1) is 5.22. The van der Waals surface area contributed by atoms with Crippen molar-refractivity contribution in [3.63, 3.8) is 0 Å². The van der Waals surface area contributed by atoms with E-state index in [9.17, 15) is 9.59 Å². The molecule has 0 aliphatic heterocycles. The molecule has 0 saturated carbocycles.